The van der Waals surface area contributed by atoms with Gasteiger partial charge in [0.2, 0.25) is 0 Å². The van der Waals surface area contributed by atoms with Crippen molar-refractivity contribution in [3.05, 3.63) is 94.7 Å². The molecule has 1 amide bonds. The van der Waals surface area contributed by atoms with Crippen molar-refractivity contribution in [2.75, 3.05) is 5.32 Å². The molecule has 0 saturated carbocycles. The number of carbonyl (C=O) groups is 1. The molecule has 5 rings (SSSR count). The number of nitrogens with one attached hydrogen (secondary N) is 3. The lowest BCUT2D eigenvalue weighted by Gasteiger charge is -2.13. The van der Waals surface area contributed by atoms with E-state index in [0.717, 1.165) is 17.0 Å². The maximum absolute atomic E-state index is 13.5. The van der Waals surface area contributed by atoms with Crippen LogP contribution in [0, 0.1) is 0 Å². The van der Waals surface area contributed by atoms with Crippen LogP contribution in [0.1, 0.15) is 10.4 Å². The average molecular weight is 447 g/mol. The molecule has 0 aliphatic heterocycles. The highest BCUT2D eigenvalue weighted by Crippen LogP contribution is 2.23. The predicted molar refractivity (Wildman–Crippen MR) is 122 cm³/mol. The number of H-pyrrole nitrogens is 2. The van der Waals surface area contributed by atoms with E-state index in [4.69, 9.17) is 0 Å². The summed E-state index contributed by atoms with van der Waals surface area (Å²) >= 11 is 0. The van der Waals surface area contributed by atoms with E-state index in [0.29, 0.717) is 22.5 Å². The number of rotatable bonds is 5. The molecule has 0 radical (unpaired) electrons. The molecule has 7 nitrogen and oxygen atoms in total. The molecule has 1 aromatic carbocycles. The van der Waals surface area contributed by atoms with Gasteiger partial charge in [0.05, 0.1) is 35.2 Å². The van der Waals surface area contributed by atoms with Crippen LogP contribution >= 0.6 is 0 Å². The van der Waals surface area contributed by atoms with Gasteiger partial charge in [-0.2, -0.15) is 5.10 Å². The topological polar surface area (TPSA) is 95.6 Å². The molecule has 0 spiro atoms. The number of aromatic nitrogens is 4. The molecule has 3 heterocycles. The van der Waals surface area contributed by atoms with E-state index in [2.05, 4.69) is 20.4 Å². The number of para-hydroxylation sites is 1. The van der Waals surface area contributed by atoms with Crippen LogP contribution in [0.25, 0.3) is 22.2 Å². The van der Waals surface area contributed by atoms with Gasteiger partial charge in [-0.1, -0.05) is 24.3 Å². The molecule has 1 aliphatic carbocycles. The van der Waals surface area contributed by atoms with Crippen molar-refractivity contribution in [3.63, 3.8) is 0 Å². The second-order valence-electron chi connectivity index (χ2n) is 7.77. The van der Waals surface area contributed by atoms with Crippen LogP contribution in [0.15, 0.2) is 83.6 Å². The fourth-order valence-corrected chi connectivity index (χ4v) is 3.71. The zero-order valence-corrected chi connectivity index (χ0v) is 17.3. The van der Waals surface area contributed by atoms with Gasteiger partial charge in [-0.05, 0) is 35.9 Å². The molecule has 166 valence electrons. The average Bonchev–Trinajstić information content (AvgIpc) is 3.44. The first-order valence-corrected chi connectivity index (χ1v) is 10.3. The maximum Gasteiger partial charge on any atom is 0.258 e. The summed E-state index contributed by atoms with van der Waals surface area (Å²) in [4.78, 5) is 30.9. The van der Waals surface area contributed by atoms with Gasteiger partial charge in [-0.25, -0.2) is 8.78 Å². The maximum atomic E-state index is 13.5. The van der Waals surface area contributed by atoms with Gasteiger partial charge in [0, 0.05) is 23.3 Å². The normalized spacial score (nSPS) is 17.8. The standard InChI is InChI=1S/C24H19F2N5O2/c25-19-6-5-14(7-20(19)26)12-31-13-16(10-28-31)23(32)29-17-9-18(24(33)27-11-17)22-8-15-3-1-2-4-21(15)30-22/h1-11,13,19-20,30H,12H2,(H,27,33)(H,29,32). The van der Waals surface area contributed by atoms with Crippen molar-refractivity contribution in [2.45, 2.75) is 18.9 Å². The van der Waals surface area contributed by atoms with E-state index < -0.39 is 18.3 Å². The van der Waals surface area contributed by atoms with Crippen molar-refractivity contribution < 1.29 is 13.6 Å². The van der Waals surface area contributed by atoms with Crippen LogP contribution in [0.4, 0.5) is 14.5 Å². The number of aromatic amines is 2. The zero-order chi connectivity index (χ0) is 22.9. The van der Waals surface area contributed by atoms with Crippen molar-refractivity contribution in [3.8, 4) is 11.3 Å². The Morgan fingerprint density at radius 3 is 2.85 bits per heavy atom. The zero-order valence-electron chi connectivity index (χ0n) is 17.3. The number of anilines is 1. The number of nitrogens with zero attached hydrogens (tertiary/aromatic N) is 2. The smallest absolute Gasteiger partial charge is 0.258 e. The number of alkyl halides is 2. The van der Waals surface area contributed by atoms with Crippen molar-refractivity contribution in [1.29, 1.82) is 0 Å². The largest absolute Gasteiger partial charge is 0.354 e. The molecule has 2 unspecified atom stereocenters. The van der Waals surface area contributed by atoms with Crippen LogP contribution in [0.5, 0.6) is 0 Å². The number of amides is 1. The Kier molecular flexibility index (Phi) is 5.21. The number of allylic oxidation sites excluding steroid dienone is 4. The van der Waals surface area contributed by atoms with Gasteiger partial charge in [-0.3, -0.25) is 14.3 Å². The molecular weight excluding hydrogens is 428 g/mol. The summed E-state index contributed by atoms with van der Waals surface area (Å²) in [5.74, 6) is -0.420. The van der Waals surface area contributed by atoms with E-state index in [1.54, 1.807) is 6.07 Å². The second-order valence-corrected chi connectivity index (χ2v) is 7.77. The molecule has 1 aliphatic rings. The SMILES string of the molecule is O=C(Nc1c[nH]c(=O)c(-c2cc3ccccc3[nH]2)c1)c1cnn(CC2=CC(F)C(F)C=C2)c1. The van der Waals surface area contributed by atoms with Gasteiger partial charge >= 0.3 is 0 Å². The van der Waals surface area contributed by atoms with Crippen LogP contribution in [-0.2, 0) is 6.54 Å². The number of pyridine rings is 1. The summed E-state index contributed by atoms with van der Waals surface area (Å²) in [5, 5.41) is 7.84. The van der Waals surface area contributed by atoms with E-state index in [9.17, 15) is 18.4 Å². The molecule has 3 aromatic heterocycles. The number of fused-ring (bicyclic) bond motifs is 1. The Bertz CT molecular complexity index is 1430. The highest BCUT2D eigenvalue weighted by molar-refractivity contribution is 6.04. The summed E-state index contributed by atoms with van der Waals surface area (Å²) in [6.45, 7) is 0.208. The third-order valence-electron chi connectivity index (χ3n) is 5.39. The van der Waals surface area contributed by atoms with E-state index in [-0.39, 0.29) is 17.7 Å². The summed E-state index contributed by atoms with van der Waals surface area (Å²) in [7, 11) is 0. The van der Waals surface area contributed by atoms with Crippen LogP contribution in [0.2, 0.25) is 0 Å². The summed E-state index contributed by atoms with van der Waals surface area (Å²) in [6.07, 6.45) is 4.88. The molecule has 4 aromatic rings. The van der Waals surface area contributed by atoms with E-state index in [1.165, 1.54) is 35.4 Å². The lowest BCUT2D eigenvalue weighted by molar-refractivity contribution is 0.102. The van der Waals surface area contributed by atoms with E-state index in [1.807, 2.05) is 30.3 Å². The molecule has 0 saturated heterocycles. The lowest BCUT2D eigenvalue weighted by Crippen LogP contribution is -2.17. The Morgan fingerprint density at radius 1 is 1.18 bits per heavy atom. The Morgan fingerprint density at radius 2 is 2.03 bits per heavy atom. The first kappa shape index (κ1) is 20.6. The van der Waals surface area contributed by atoms with Crippen molar-refractivity contribution in [1.82, 2.24) is 19.7 Å². The number of halogens is 2. The number of benzene rings is 1. The van der Waals surface area contributed by atoms with Crippen molar-refractivity contribution >= 4 is 22.5 Å². The highest BCUT2D eigenvalue weighted by atomic mass is 19.2. The molecular formula is C24H19F2N5O2. The third-order valence-corrected chi connectivity index (χ3v) is 5.39. The third kappa shape index (κ3) is 4.25. The first-order valence-electron chi connectivity index (χ1n) is 10.3. The quantitative estimate of drug-likeness (QED) is 0.429. The Labute approximate surface area is 186 Å². The Balaban J connectivity index is 1.32. The summed E-state index contributed by atoms with van der Waals surface area (Å²) in [5.41, 5.74) is 2.90. The minimum absolute atomic E-state index is 0.208. The number of carbonyl (C=O) groups excluding carboxylic acids is 1. The number of hydrogen-bond donors (Lipinski definition) is 3. The molecule has 0 fully saturated rings. The highest BCUT2D eigenvalue weighted by Gasteiger charge is 2.20. The first-order chi connectivity index (χ1) is 16.0. The molecule has 9 heteroatoms. The summed E-state index contributed by atoms with van der Waals surface area (Å²) in [6, 6.07) is 11.1. The minimum Gasteiger partial charge on any atom is -0.354 e. The molecule has 3 N–H and O–H groups in total. The summed E-state index contributed by atoms with van der Waals surface area (Å²) < 4.78 is 28.2. The minimum atomic E-state index is -1.69. The molecule has 33 heavy (non-hydrogen) atoms. The fraction of sp³-hybridized carbons (Fsp3) is 0.125. The monoisotopic (exact) mass is 447 g/mol. The van der Waals surface area contributed by atoms with Crippen LogP contribution in [-0.4, -0.2) is 38.0 Å². The van der Waals surface area contributed by atoms with Gasteiger partial charge in [0.15, 0.2) is 12.3 Å². The lowest BCUT2D eigenvalue weighted by atomic mass is 10.0. The van der Waals surface area contributed by atoms with Gasteiger partial charge in [0.1, 0.15) is 0 Å². The molecule has 0 bridgehead atoms. The van der Waals surface area contributed by atoms with Crippen molar-refractivity contribution in [2.24, 2.45) is 0 Å². The molecule has 2 atom stereocenters. The fourth-order valence-electron chi connectivity index (χ4n) is 3.71. The van der Waals surface area contributed by atoms with Crippen LogP contribution in [0.3, 0.4) is 0 Å². The van der Waals surface area contributed by atoms with Crippen LogP contribution < -0.4 is 10.9 Å². The van der Waals surface area contributed by atoms with E-state index >= 15 is 0 Å². The predicted octanol–water partition coefficient (Wildman–Crippen LogP) is 4.14. The van der Waals surface area contributed by atoms with Gasteiger partial charge in [0.25, 0.3) is 11.5 Å². The van der Waals surface area contributed by atoms with Gasteiger partial charge in [-0.15, -0.1) is 0 Å². The number of hydrogen-bond acceptors (Lipinski definition) is 3. The second kappa shape index (κ2) is 8.34. The van der Waals surface area contributed by atoms with Gasteiger partial charge < -0.3 is 15.3 Å². The Hall–Kier alpha value is -4.27.